The molecule has 1 aromatic carbocycles. The van der Waals surface area contributed by atoms with Crippen LogP contribution in [0.4, 0.5) is 0 Å². The molecule has 0 radical (unpaired) electrons. The van der Waals surface area contributed by atoms with Crippen molar-refractivity contribution in [3.63, 3.8) is 0 Å². The number of aryl methyl sites for hydroxylation is 1. The summed E-state index contributed by atoms with van der Waals surface area (Å²) < 4.78 is 10.5. The molecule has 0 aliphatic rings. The van der Waals surface area contributed by atoms with Crippen molar-refractivity contribution in [1.29, 1.82) is 0 Å². The fourth-order valence-corrected chi connectivity index (χ4v) is 2.02. The van der Waals surface area contributed by atoms with Crippen LogP contribution in [0.1, 0.15) is 24.8 Å². The summed E-state index contributed by atoms with van der Waals surface area (Å²) in [7, 11) is 1.72. The Hall–Kier alpha value is -0.810. The standard InChI is InChI=1S/C16H26ClNO3/c1-13-10-15(6-7-16(13)17)21-12-14(19)11-18-8-4-3-5-9-20-2/h6-7,10,14,18-19H,3-5,8-9,11-12H2,1-2H3. The summed E-state index contributed by atoms with van der Waals surface area (Å²) >= 11 is 5.95. The lowest BCUT2D eigenvalue weighted by atomic mass is 10.2. The fourth-order valence-electron chi connectivity index (χ4n) is 1.90. The third kappa shape index (κ3) is 8.27. The van der Waals surface area contributed by atoms with E-state index in [0.29, 0.717) is 6.54 Å². The van der Waals surface area contributed by atoms with Gasteiger partial charge in [0.2, 0.25) is 0 Å². The molecule has 1 atom stereocenters. The minimum Gasteiger partial charge on any atom is -0.491 e. The summed E-state index contributed by atoms with van der Waals surface area (Å²) in [6, 6.07) is 5.49. The summed E-state index contributed by atoms with van der Waals surface area (Å²) in [6.07, 6.45) is 2.80. The van der Waals surface area contributed by atoms with E-state index in [4.69, 9.17) is 21.1 Å². The van der Waals surface area contributed by atoms with Crippen LogP contribution >= 0.6 is 11.6 Å². The van der Waals surface area contributed by atoms with E-state index < -0.39 is 6.10 Å². The quantitative estimate of drug-likeness (QED) is 0.617. The molecule has 1 aromatic rings. The fraction of sp³-hybridized carbons (Fsp3) is 0.625. The first-order valence-corrected chi connectivity index (χ1v) is 7.78. The van der Waals surface area contributed by atoms with Crippen molar-refractivity contribution < 1.29 is 14.6 Å². The SMILES string of the molecule is COCCCCCNCC(O)COc1ccc(Cl)c(C)c1. The van der Waals surface area contributed by atoms with Crippen molar-refractivity contribution in [3.8, 4) is 5.75 Å². The average Bonchev–Trinajstić information content (AvgIpc) is 2.47. The third-order valence-corrected chi connectivity index (χ3v) is 3.58. The molecule has 0 aliphatic carbocycles. The first-order chi connectivity index (χ1) is 10.1. The van der Waals surface area contributed by atoms with Crippen LogP contribution in [0.5, 0.6) is 5.75 Å². The van der Waals surface area contributed by atoms with E-state index in [1.807, 2.05) is 19.1 Å². The molecular formula is C16H26ClNO3. The lowest BCUT2D eigenvalue weighted by molar-refractivity contribution is 0.106. The van der Waals surface area contributed by atoms with Crippen molar-refractivity contribution in [2.24, 2.45) is 0 Å². The number of benzene rings is 1. The zero-order valence-electron chi connectivity index (χ0n) is 12.9. The molecule has 1 unspecified atom stereocenters. The van der Waals surface area contributed by atoms with Gasteiger partial charge >= 0.3 is 0 Å². The van der Waals surface area contributed by atoms with Crippen LogP contribution in [-0.4, -0.2) is 44.6 Å². The van der Waals surface area contributed by atoms with Gasteiger partial charge in [-0.05, 0) is 56.5 Å². The Kier molecular flexibility index (Phi) is 9.42. The number of ether oxygens (including phenoxy) is 2. The maximum absolute atomic E-state index is 9.84. The predicted octanol–water partition coefficient (Wildman–Crippen LogP) is 2.79. The second-order valence-electron chi connectivity index (χ2n) is 5.13. The molecule has 21 heavy (non-hydrogen) atoms. The molecule has 5 heteroatoms. The number of unbranched alkanes of at least 4 members (excludes halogenated alkanes) is 2. The first-order valence-electron chi connectivity index (χ1n) is 7.40. The van der Waals surface area contributed by atoms with Gasteiger partial charge in [0.1, 0.15) is 18.5 Å². The number of methoxy groups -OCH3 is 1. The zero-order valence-corrected chi connectivity index (χ0v) is 13.7. The molecule has 0 aromatic heterocycles. The Labute approximate surface area is 132 Å². The van der Waals surface area contributed by atoms with Crippen LogP contribution in [0.25, 0.3) is 0 Å². The largest absolute Gasteiger partial charge is 0.491 e. The molecule has 1 rings (SSSR count). The molecule has 120 valence electrons. The summed E-state index contributed by atoms with van der Waals surface area (Å²) in [5.41, 5.74) is 0.970. The highest BCUT2D eigenvalue weighted by Crippen LogP contribution is 2.20. The molecule has 0 bridgehead atoms. The maximum atomic E-state index is 9.84. The lowest BCUT2D eigenvalue weighted by Gasteiger charge is -2.14. The Bertz CT molecular complexity index is 401. The highest BCUT2D eigenvalue weighted by molar-refractivity contribution is 6.31. The highest BCUT2D eigenvalue weighted by atomic mass is 35.5. The number of halogens is 1. The molecule has 2 N–H and O–H groups in total. The normalized spacial score (nSPS) is 12.4. The molecule has 0 saturated carbocycles. The van der Waals surface area contributed by atoms with Gasteiger partial charge < -0.3 is 19.9 Å². The number of hydrogen-bond acceptors (Lipinski definition) is 4. The number of aliphatic hydroxyl groups excluding tert-OH is 1. The average molecular weight is 316 g/mol. The zero-order chi connectivity index (χ0) is 15.5. The number of nitrogens with one attached hydrogen (secondary N) is 1. The van der Waals surface area contributed by atoms with Gasteiger partial charge in [0.25, 0.3) is 0 Å². The maximum Gasteiger partial charge on any atom is 0.119 e. The van der Waals surface area contributed by atoms with Gasteiger partial charge in [-0.25, -0.2) is 0 Å². The molecule has 0 spiro atoms. The van der Waals surface area contributed by atoms with E-state index in [-0.39, 0.29) is 6.61 Å². The summed E-state index contributed by atoms with van der Waals surface area (Å²) in [5.74, 6) is 0.732. The first kappa shape index (κ1) is 18.2. The van der Waals surface area contributed by atoms with E-state index >= 15 is 0 Å². The van der Waals surface area contributed by atoms with Gasteiger partial charge in [0.05, 0.1) is 0 Å². The Balaban J connectivity index is 2.08. The third-order valence-electron chi connectivity index (χ3n) is 3.15. The van der Waals surface area contributed by atoms with Crippen molar-refractivity contribution in [3.05, 3.63) is 28.8 Å². The monoisotopic (exact) mass is 315 g/mol. The van der Waals surface area contributed by atoms with Crippen LogP contribution in [0.2, 0.25) is 5.02 Å². The second-order valence-corrected chi connectivity index (χ2v) is 5.54. The van der Waals surface area contributed by atoms with Crippen LogP contribution in [0.3, 0.4) is 0 Å². The van der Waals surface area contributed by atoms with Gasteiger partial charge in [-0.15, -0.1) is 0 Å². The number of hydrogen-bond donors (Lipinski definition) is 2. The van der Waals surface area contributed by atoms with Gasteiger partial charge in [0, 0.05) is 25.3 Å². The van der Waals surface area contributed by atoms with Crippen molar-refractivity contribution >= 4 is 11.6 Å². The van der Waals surface area contributed by atoms with E-state index in [1.165, 1.54) is 0 Å². The van der Waals surface area contributed by atoms with Crippen molar-refractivity contribution in [2.45, 2.75) is 32.3 Å². The van der Waals surface area contributed by atoms with Gasteiger partial charge in [0.15, 0.2) is 0 Å². The Morgan fingerprint density at radius 3 is 2.81 bits per heavy atom. The molecule has 0 saturated heterocycles. The number of aliphatic hydroxyl groups is 1. The van der Waals surface area contributed by atoms with Crippen molar-refractivity contribution in [1.82, 2.24) is 5.32 Å². The predicted molar refractivity (Wildman–Crippen MR) is 86.3 cm³/mol. The van der Waals surface area contributed by atoms with E-state index in [2.05, 4.69) is 5.32 Å². The van der Waals surface area contributed by atoms with Crippen molar-refractivity contribution in [2.75, 3.05) is 33.4 Å². The minimum absolute atomic E-state index is 0.276. The Morgan fingerprint density at radius 2 is 2.10 bits per heavy atom. The highest BCUT2D eigenvalue weighted by Gasteiger charge is 2.05. The van der Waals surface area contributed by atoms with Gasteiger partial charge in [-0.3, -0.25) is 0 Å². The molecule has 0 aliphatic heterocycles. The molecular weight excluding hydrogens is 290 g/mol. The lowest BCUT2D eigenvalue weighted by Crippen LogP contribution is -2.32. The van der Waals surface area contributed by atoms with Crippen LogP contribution in [0, 0.1) is 6.92 Å². The van der Waals surface area contributed by atoms with E-state index in [0.717, 1.165) is 48.7 Å². The van der Waals surface area contributed by atoms with Crippen LogP contribution < -0.4 is 10.1 Å². The molecule has 4 nitrogen and oxygen atoms in total. The molecule has 0 heterocycles. The van der Waals surface area contributed by atoms with Crippen LogP contribution in [0.15, 0.2) is 18.2 Å². The van der Waals surface area contributed by atoms with E-state index in [9.17, 15) is 5.11 Å². The second kappa shape index (κ2) is 10.9. The summed E-state index contributed by atoms with van der Waals surface area (Å²) in [4.78, 5) is 0. The Morgan fingerprint density at radius 1 is 1.29 bits per heavy atom. The van der Waals surface area contributed by atoms with Gasteiger partial charge in [-0.2, -0.15) is 0 Å². The summed E-state index contributed by atoms with van der Waals surface area (Å²) in [5, 5.41) is 13.8. The number of rotatable bonds is 11. The topological polar surface area (TPSA) is 50.7 Å². The molecule has 0 fully saturated rings. The van der Waals surface area contributed by atoms with Crippen LogP contribution in [-0.2, 0) is 4.74 Å². The van der Waals surface area contributed by atoms with E-state index in [1.54, 1.807) is 13.2 Å². The minimum atomic E-state index is -0.514. The summed E-state index contributed by atoms with van der Waals surface area (Å²) in [6.45, 7) is 4.46. The molecule has 0 amide bonds. The van der Waals surface area contributed by atoms with Gasteiger partial charge in [-0.1, -0.05) is 11.6 Å². The smallest absolute Gasteiger partial charge is 0.119 e.